The van der Waals surface area contributed by atoms with Gasteiger partial charge in [-0.3, -0.25) is 9.59 Å². The molecule has 1 unspecified atom stereocenters. The van der Waals surface area contributed by atoms with Crippen LogP contribution in [0.25, 0.3) is 0 Å². The van der Waals surface area contributed by atoms with E-state index in [4.69, 9.17) is 0 Å². The first kappa shape index (κ1) is 10.6. The molecule has 0 aromatic heterocycles. The molecule has 1 aliphatic heterocycles. The second-order valence-electron chi connectivity index (χ2n) is 3.39. The molecule has 1 fully saturated rings. The van der Waals surface area contributed by atoms with E-state index >= 15 is 0 Å². The number of rotatable bonds is 3. The van der Waals surface area contributed by atoms with Crippen LogP contribution in [0.5, 0.6) is 0 Å². The predicted octanol–water partition coefficient (Wildman–Crippen LogP) is 0.653. The number of hydrogen-bond donors (Lipinski definition) is 1. The van der Waals surface area contributed by atoms with Crippen LogP contribution in [-0.4, -0.2) is 35.4 Å². The molecule has 0 spiro atoms. The summed E-state index contributed by atoms with van der Waals surface area (Å²) in [5, 5.41) is 0. The highest BCUT2D eigenvalue weighted by molar-refractivity contribution is 7.80. The molecule has 0 aromatic carbocycles. The van der Waals surface area contributed by atoms with Crippen LogP contribution in [0.4, 0.5) is 0 Å². The summed E-state index contributed by atoms with van der Waals surface area (Å²) < 4.78 is 0. The molecule has 1 amide bonds. The Morgan fingerprint density at radius 1 is 1.77 bits per heavy atom. The zero-order valence-corrected chi connectivity index (χ0v) is 8.59. The molecule has 13 heavy (non-hydrogen) atoms. The van der Waals surface area contributed by atoms with Crippen molar-refractivity contribution in [3.8, 4) is 0 Å². The minimum Gasteiger partial charge on any atom is -0.332 e. The van der Waals surface area contributed by atoms with Gasteiger partial charge in [0.25, 0.3) is 0 Å². The standard InChI is InChI=1S/C9H14NO2S/c1-7(6-13)9(12)10-4-2-3-8(10)5-11/h7-8,13H,2-4,6H2,1H3/t7?,8-/m0/s1. The quantitative estimate of drug-likeness (QED) is 0.679. The number of thiol groups is 1. The fourth-order valence-electron chi connectivity index (χ4n) is 1.51. The maximum absolute atomic E-state index is 11.6. The van der Waals surface area contributed by atoms with Crippen molar-refractivity contribution in [2.45, 2.75) is 25.8 Å². The number of hydrogen-bond acceptors (Lipinski definition) is 3. The highest BCUT2D eigenvalue weighted by atomic mass is 32.1. The van der Waals surface area contributed by atoms with Gasteiger partial charge < -0.3 is 4.90 Å². The summed E-state index contributed by atoms with van der Waals surface area (Å²) in [5.41, 5.74) is 0. The van der Waals surface area contributed by atoms with Crippen LogP contribution in [0.2, 0.25) is 0 Å². The van der Waals surface area contributed by atoms with Crippen molar-refractivity contribution in [2.75, 3.05) is 12.3 Å². The highest BCUT2D eigenvalue weighted by Gasteiger charge is 2.30. The molecule has 1 heterocycles. The highest BCUT2D eigenvalue weighted by Crippen LogP contribution is 2.18. The minimum atomic E-state index is -0.310. The van der Waals surface area contributed by atoms with Gasteiger partial charge in [-0.1, -0.05) is 6.92 Å². The Morgan fingerprint density at radius 3 is 3.00 bits per heavy atom. The van der Waals surface area contributed by atoms with Crippen molar-refractivity contribution >= 4 is 24.8 Å². The van der Waals surface area contributed by atoms with Gasteiger partial charge in [0.1, 0.15) is 0 Å². The summed E-state index contributed by atoms with van der Waals surface area (Å²) in [6.07, 6.45) is 3.57. The smallest absolute Gasteiger partial charge is 0.226 e. The molecule has 1 aliphatic rings. The summed E-state index contributed by atoms with van der Waals surface area (Å²) in [6, 6.07) is -0.310. The summed E-state index contributed by atoms with van der Waals surface area (Å²) in [5.74, 6) is 0.458. The first-order valence-corrected chi connectivity index (χ1v) is 5.13. The van der Waals surface area contributed by atoms with E-state index in [0.717, 1.165) is 12.8 Å². The second kappa shape index (κ2) is 4.65. The normalized spacial score (nSPS) is 24.5. The Bertz CT molecular complexity index is 208. The lowest BCUT2D eigenvalue weighted by molar-refractivity contribution is -0.134. The van der Waals surface area contributed by atoms with Crippen molar-refractivity contribution in [3.63, 3.8) is 0 Å². The molecule has 1 radical (unpaired) electrons. The average molecular weight is 200 g/mol. The van der Waals surface area contributed by atoms with E-state index in [9.17, 15) is 9.59 Å². The molecule has 4 heteroatoms. The van der Waals surface area contributed by atoms with E-state index < -0.39 is 0 Å². The molecule has 1 saturated heterocycles. The van der Waals surface area contributed by atoms with Gasteiger partial charge in [0.2, 0.25) is 12.2 Å². The monoisotopic (exact) mass is 200 g/mol. The van der Waals surface area contributed by atoms with Crippen molar-refractivity contribution in [1.29, 1.82) is 0 Å². The third-order valence-corrected chi connectivity index (χ3v) is 2.92. The lowest BCUT2D eigenvalue weighted by atomic mass is 10.1. The molecule has 0 N–H and O–H groups in total. The van der Waals surface area contributed by atoms with Crippen LogP contribution in [0.15, 0.2) is 0 Å². The van der Waals surface area contributed by atoms with Crippen LogP contribution in [0.3, 0.4) is 0 Å². The van der Waals surface area contributed by atoms with Crippen molar-refractivity contribution in [2.24, 2.45) is 5.92 Å². The topological polar surface area (TPSA) is 37.4 Å². The van der Waals surface area contributed by atoms with Gasteiger partial charge >= 0.3 is 0 Å². The van der Waals surface area contributed by atoms with Gasteiger partial charge in [0, 0.05) is 18.2 Å². The lowest BCUT2D eigenvalue weighted by Crippen LogP contribution is -2.40. The molecule has 1 rings (SSSR count). The van der Waals surface area contributed by atoms with Gasteiger partial charge in [0.05, 0.1) is 6.04 Å². The maximum Gasteiger partial charge on any atom is 0.226 e. The van der Waals surface area contributed by atoms with Gasteiger partial charge in [-0.05, 0) is 12.8 Å². The Morgan fingerprint density at radius 2 is 2.46 bits per heavy atom. The van der Waals surface area contributed by atoms with Crippen LogP contribution < -0.4 is 0 Å². The number of amides is 1. The average Bonchev–Trinajstić information content (AvgIpc) is 2.62. The fourth-order valence-corrected chi connectivity index (χ4v) is 1.67. The molecular weight excluding hydrogens is 186 g/mol. The zero-order valence-electron chi connectivity index (χ0n) is 7.69. The fraction of sp³-hybridized carbons (Fsp3) is 0.778. The summed E-state index contributed by atoms with van der Waals surface area (Å²) in [6.45, 7) is 2.52. The SMILES string of the molecule is CC(CS)C(=O)N1CCC[C@H]1[C]=O. The van der Waals surface area contributed by atoms with Gasteiger partial charge in [-0.2, -0.15) is 12.6 Å². The maximum atomic E-state index is 11.6. The molecule has 0 saturated carbocycles. The van der Waals surface area contributed by atoms with Crippen LogP contribution in [0, 0.1) is 5.92 Å². The first-order valence-electron chi connectivity index (χ1n) is 4.49. The minimum absolute atomic E-state index is 0.0286. The summed E-state index contributed by atoms with van der Waals surface area (Å²) in [7, 11) is 0. The predicted molar refractivity (Wildman–Crippen MR) is 53.4 cm³/mol. The molecule has 2 atom stereocenters. The van der Waals surface area contributed by atoms with E-state index in [2.05, 4.69) is 12.6 Å². The molecule has 3 nitrogen and oxygen atoms in total. The largest absolute Gasteiger partial charge is 0.332 e. The van der Waals surface area contributed by atoms with Crippen LogP contribution in [0.1, 0.15) is 19.8 Å². The van der Waals surface area contributed by atoms with E-state index in [-0.39, 0.29) is 17.9 Å². The Labute approximate surface area is 83.9 Å². The van der Waals surface area contributed by atoms with Crippen LogP contribution >= 0.6 is 12.6 Å². The van der Waals surface area contributed by atoms with Gasteiger partial charge in [0.15, 0.2) is 0 Å². The lowest BCUT2D eigenvalue weighted by Gasteiger charge is -2.22. The number of carbonyl (C=O) groups is 1. The Kier molecular flexibility index (Phi) is 3.78. The van der Waals surface area contributed by atoms with E-state index in [1.54, 1.807) is 4.90 Å². The molecule has 0 aliphatic carbocycles. The van der Waals surface area contributed by atoms with E-state index in [1.807, 2.05) is 13.2 Å². The Balaban J connectivity index is 2.59. The van der Waals surface area contributed by atoms with Crippen molar-refractivity contribution < 1.29 is 9.59 Å². The molecule has 73 valence electrons. The molecule has 0 bridgehead atoms. The van der Waals surface area contributed by atoms with Crippen molar-refractivity contribution in [1.82, 2.24) is 4.90 Å². The Hall–Kier alpha value is -0.510. The summed E-state index contributed by atoms with van der Waals surface area (Å²) >= 11 is 4.06. The third-order valence-electron chi connectivity index (χ3n) is 2.37. The zero-order chi connectivity index (χ0) is 9.84. The van der Waals surface area contributed by atoms with Crippen LogP contribution in [-0.2, 0) is 9.59 Å². The first-order chi connectivity index (χ1) is 6.20. The molecule has 0 aromatic rings. The summed E-state index contributed by atoms with van der Waals surface area (Å²) in [4.78, 5) is 23.8. The van der Waals surface area contributed by atoms with Gasteiger partial charge in [-0.25, -0.2) is 0 Å². The number of carbonyl (C=O) groups excluding carboxylic acids is 2. The van der Waals surface area contributed by atoms with Gasteiger partial charge in [-0.15, -0.1) is 0 Å². The molecular formula is C9H14NO2S. The van der Waals surface area contributed by atoms with E-state index in [0.29, 0.717) is 12.3 Å². The van der Waals surface area contributed by atoms with E-state index in [1.165, 1.54) is 0 Å². The van der Waals surface area contributed by atoms with Crippen molar-refractivity contribution in [3.05, 3.63) is 0 Å². The number of nitrogens with zero attached hydrogens (tertiary/aromatic N) is 1. The third kappa shape index (κ3) is 2.24. The second-order valence-corrected chi connectivity index (χ2v) is 3.76. The number of likely N-dealkylation sites (tertiary alicyclic amines) is 1.